The number of allylic oxidation sites excluding steroid dienone is 1. The summed E-state index contributed by atoms with van der Waals surface area (Å²) in [5.41, 5.74) is 5.75. The van der Waals surface area contributed by atoms with Crippen LogP contribution < -0.4 is 0 Å². The van der Waals surface area contributed by atoms with E-state index >= 15 is 0 Å². The van der Waals surface area contributed by atoms with Gasteiger partial charge in [0.15, 0.2) is 5.78 Å². The van der Waals surface area contributed by atoms with Gasteiger partial charge in [0.1, 0.15) is 0 Å². The fourth-order valence-electron chi connectivity index (χ4n) is 6.03. The van der Waals surface area contributed by atoms with E-state index in [4.69, 9.17) is 11.6 Å². The predicted octanol–water partition coefficient (Wildman–Crippen LogP) is 13.8. The molecule has 0 amide bonds. The van der Waals surface area contributed by atoms with Crippen molar-refractivity contribution in [2.75, 3.05) is 0 Å². The van der Waals surface area contributed by atoms with Gasteiger partial charge in [-0.25, -0.2) is 0 Å². The Morgan fingerprint density at radius 3 is 1.47 bits per heavy atom. The second kappa shape index (κ2) is 16.5. The van der Waals surface area contributed by atoms with Crippen molar-refractivity contribution in [3.05, 3.63) is 178 Å². The van der Waals surface area contributed by atoms with Gasteiger partial charge in [-0.05, 0) is 108 Å². The highest BCUT2D eigenvalue weighted by atomic mass is 79.9. The maximum absolute atomic E-state index is 12.0. The van der Waals surface area contributed by atoms with Crippen LogP contribution in [0.5, 0.6) is 0 Å². The summed E-state index contributed by atoms with van der Waals surface area (Å²) in [4.78, 5) is 12.0. The van der Waals surface area contributed by atoms with Gasteiger partial charge in [0, 0.05) is 28.5 Å². The summed E-state index contributed by atoms with van der Waals surface area (Å²) in [5, 5.41) is 0.890. The SMILES string of the molecule is Clc1ccccc1C1CC(c2ccccc2Br)CC(c2ccccc2Br)C1.O=C(/C=C/c1ccccc1Br)c1ccccc1Br. The molecule has 1 nitrogen and oxygen atoms in total. The largest absolute Gasteiger partial charge is 0.289 e. The highest BCUT2D eigenvalue weighted by molar-refractivity contribution is 9.11. The van der Waals surface area contributed by atoms with Crippen molar-refractivity contribution in [2.24, 2.45) is 0 Å². The van der Waals surface area contributed by atoms with Gasteiger partial charge in [-0.1, -0.05) is 160 Å². The summed E-state index contributed by atoms with van der Waals surface area (Å²) >= 11 is 21.0. The first-order chi connectivity index (χ1) is 21.8. The Labute approximate surface area is 304 Å². The second-order valence-electron chi connectivity index (χ2n) is 11.1. The lowest BCUT2D eigenvalue weighted by Gasteiger charge is -2.37. The Hall–Kier alpha value is -2.28. The number of benzene rings is 5. The molecule has 228 valence electrons. The monoisotopic (exact) mass is 866 g/mol. The van der Waals surface area contributed by atoms with Crippen LogP contribution >= 0.6 is 75.3 Å². The van der Waals surface area contributed by atoms with Crippen molar-refractivity contribution in [1.29, 1.82) is 0 Å². The van der Waals surface area contributed by atoms with Crippen molar-refractivity contribution >= 4 is 87.2 Å². The Balaban J connectivity index is 0.000000194. The molecule has 0 radical (unpaired) electrons. The molecular formula is C39H31Br4ClO. The van der Waals surface area contributed by atoms with Crippen LogP contribution in [0, 0.1) is 0 Å². The van der Waals surface area contributed by atoms with Crippen LogP contribution in [0.1, 0.15) is 69.6 Å². The van der Waals surface area contributed by atoms with Crippen LogP contribution in [0.3, 0.4) is 0 Å². The molecule has 45 heavy (non-hydrogen) atoms. The quantitative estimate of drug-likeness (QED) is 0.123. The van der Waals surface area contributed by atoms with Crippen LogP contribution in [0.4, 0.5) is 0 Å². The van der Waals surface area contributed by atoms with E-state index in [0.717, 1.165) is 38.8 Å². The highest BCUT2D eigenvalue weighted by Gasteiger charge is 2.33. The normalized spacial score (nSPS) is 17.8. The van der Waals surface area contributed by atoms with Gasteiger partial charge >= 0.3 is 0 Å². The maximum Gasteiger partial charge on any atom is 0.186 e. The summed E-state index contributed by atoms with van der Waals surface area (Å²) < 4.78 is 4.20. The zero-order chi connectivity index (χ0) is 31.8. The molecular weight excluding hydrogens is 839 g/mol. The third kappa shape index (κ3) is 8.96. The number of hydrogen-bond donors (Lipinski definition) is 0. The van der Waals surface area contributed by atoms with E-state index in [-0.39, 0.29) is 5.78 Å². The lowest BCUT2D eigenvalue weighted by molar-refractivity contribution is 0.104. The maximum atomic E-state index is 12.0. The van der Waals surface area contributed by atoms with Gasteiger partial charge in [-0.2, -0.15) is 0 Å². The molecule has 0 saturated heterocycles. The Morgan fingerprint density at radius 2 is 0.956 bits per heavy atom. The second-order valence-corrected chi connectivity index (χ2v) is 14.9. The average Bonchev–Trinajstić information content (AvgIpc) is 3.05. The molecule has 1 aliphatic carbocycles. The summed E-state index contributed by atoms with van der Waals surface area (Å²) in [6.07, 6.45) is 6.82. The van der Waals surface area contributed by atoms with E-state index in [1.807, 2.05) is 60.7 Å². The molecule has 0 aromatic heterocycles. The number of halogens is 5. The third-order valence-corrected chi connectivity index (χ3v) is 11.4. The van der Waals surface area contributed by atoms with Gasteiger partial charge in [-0.3, -0.25) is 4.79 Å². The average molecular weight is 871 g/mol. The lowest BCUT2D eigenvalue weighted by Crippen LogP contribution is -2.20. The molecule has 0 heterocycles. The Kier molecular flexibility index (Phi) is 12.5. The lowest BCUT2D eigenvalue weighted by atomic mass is 9.68. The zero-order valence-corrected chi connectivity index (χ0v) is 31.5. The molecule has 0 aliphatic heterocycles. The van der Waals surface area contributed by atoms with Crippen molar-refractivity contribution < 1.29 is 4.79 Å². The standard InChI is InChI=1S/C24H21Br2Cl.C15H10Br2O/c25-22-10-4-1-7-19(22)16-13-17(20-8-2-5-11-23(20)26)15-18(14-16)21-9-3-6-12-24(21)27;16-13-7-3-1-5-11(13)9-10-15(18)12-6-2-4-8-14(12)17/h1-12,16-18H,13-15H2;1-10H/b;10-9+. The summed E-state index contributed by atoms with van der Waals surface area (Å²) in [6.45, 7) is 0. The molecule has 0 N–H and O–H groups in total. The molecule has 6 rings (SSSR count). The van der Waals surface area contributed by atoms with Gasteiger partial charge in [0.2, 0.25) is 0 Å². The molecule has 2 atom stereocenters. The first kappa shape index (κ1) is 34.1. The van der Waals surface area contributed by atoms with Gasteiger partial charge < -0.3 is 0 Å². The number of ketones is 1. The molecule has 2 unspecified atom stereocenters. The van der Waals surface area contributed by atoms with Crippen molar-refractivity contribution in [3.8, 4) is 0 Å². The number of hydrogen-bond acceptors (Lipinski definition) is 1. The Morgan fingerprint density at radius 1 is 0.533 bits per heavy atom. The molecule has 1 saturated carbocycles. The van der Waals surface area contributed by atoms with Crippen LogP contribution in [0.2, 0.25) is 5.02 Å². The van der Waals surface area contributed by atoms with Crippen LogP contribution in [-0.4, -0.2) is 5.78 Å². The predicted molar refractivity (Wildman–Crippen MR) is 203 cm³/mol. The van der Waals surface area contributed by atoms with Crippen molar-refractivity contribution in [2.45, 2.75) is 37.0 Å². The summed E-state index contributed by atoms with van der Waals surface area (Å²) in [7, 11) is 0. The van der Waals surface area contributed by atoms with Crippen LogP contribution in [-0.2, 0) is 0 Å². The fourth-order valence-corrected chi connectivity index (χ4v) is 8.43. The van der Waals surface area contributed by atoms with E-state index in [0.29, 0.717) is 23.3 Å². The Bertz CT molecular complexity index is 1670. The van der Waals surface area contributed by atoms with Gasteiger partial charge in [0.25, 0.3) is 0 Å². The van der Waals surface area contributed by atoms with Gasteiger partial charge in [-0.15, -0.1) is 0 Å². The van der Waals surface area contributed by atoms with E-state index in [2.05, 4.69) is 124 Å². The number of carbonyl (C=O) groups is 1. The molecule has 0 bridgehead atoms. The van der Waals surface area contributed by atoms with Crippen LogP contribution in [0.15, 0.2) is 145 Å². The minimum absolute atomic E-state index is 0.0155. The van der Waals surface area contributed by atoms with E-state index in [9.17, 15) is 4.79 Å². The summed E-state index contributed by atoms with van der Waals surface area (Å²) in [5.74, 6) is 1.46. The minimum Gasteiger partial charge on any atom is -0.289 e. The van der Waals surface area contributed by atoms with E-state index in [1.54, 1.807) is 12.1 Å². The van der Waals surface area contributed by atoms with E-state index in [1.165, 1.54) is 25.6 Å². The molecule has 5 aromatic carbocycles. The number of carbonyl (C=O) groups excluding carboxylic acids is 1. The molecule has 1 fully saturated rings. The molecule has 0 spiro atoms. The zero-order valence-electron chi connectivity index (χ0n) is 24.4. The topological polar surface area (TPSA) is 17.1 Å². The number of rotatable bonds is 6. The first-order valence-electron chi connectivity index (χ1n) is 14.8. The molecule has 1 aliphatic rings. The highest BCUT2D eigenvalue weighted by Crippen LogP contribution is 2.51. The van der Waals surface area contributed by atoms with E-state index < -0.39 is 0 Å². The smallest absolute Gasteiger partial charge is 0.186 e. The molecule has 5 aromatic rings. The van der Waals surface area contributed by atoms with Gasteiger partial charge in [0.05, 0.1) is 0 Å². The summed E-state index contributed by atoms with van der Waals surface area (Å²) in [6, 6.07) is 40.8. The third-order valence-electron chi connectivity index (χ3n) is 8.20. The van der Waals surface area contributed by atoms with Crippen molar-refractivity contribution in [3.63, 3.8) is 0 Å². The first-order valence-corrected chi connectivity index (χ1v) is 18.3. The molecule has 6 heteroatoms. The van der Waals surface area contributed by atoms with Crippen molar-refractivity contribution in [1.82, 2.24) is 0 Å². The van der Waals surface area contributed by atoms with Crippen LogP contribution in [0.25, 0.3) is 6.08 Å². The minimum atomic E-state index is -0.0155. The fraction of sp³-hybridized carbons (Fsp3) is 0.154.